The Hall–Kier alpha value is -2.21. The van der Waals surface area contributed by atoms with E-state index >= 15 is 0 Å². The van der Waals surface area contributed by atoms with Gasteiger partial charge in [0.15, 0.2) is 21.4 Å². The van der Waals surface area contributed by atoms with Crippen molar-refractivity contribution in [1.29, 1.82) is 0 Å². The Morgan fingerprint density at radius 3 is 2.50 bits per heavy atom. The molecule has 0 aromatic carbocycles. The molecule has 1 saturated carbocycles. The molecule has 2 aromatic heterocycles. The molecular formula is C25H36N4O5S2. The highest BCUT2D eigenvalue weighted by Gasteiger charge is 2.25. The summed E-state index contributed by atoms with van der Waals surface area (Å²) in [4.78, 5) is 20.0. The number of carbonyl (C=O) groups is 1. The minimum atomic E-state index is -3.26. The summed E-state index contributed by atoms with van der Waals surface area (Å²) in [5, 5.41) is 8.48. The van der Waals surface area contributed by atoms with Crippen LogP contribution in [0.3, 0.4) is 0 Å². The molecule has 0 atom stereocenters. The second-order valence-electron chi connectivity index (χ2n) is 9.82. The second kappa shape index (κ2) is 11.9. The van der Waals surface area contributed by atoms with E-state index in [-0.39, 0.29) is 9.09 Å². The first-order valence-electron chi connectivity index (χ1n) is 12.6. The fourth-order valence-corrected chi connectivity index (χ4v) is 6.74. The predicted octanol–water partition coefficient (Wildman–Crippen LogP) is 2.90. The fourth-order valence-electron chi connectivity index (χ4n) is 4.98. The maximum atomic E-state index is 10.9. The fraction of sp³-hybridized carbons (Fsp3) is 0.600. The molecule has 1 saturated heterocycles. The topological polar surface area (TPSA) is 126 Å². The van der Waals surface area contributed by atoms with Crippen molar-refractivity contribution in [1.82, 2.24) is 9.88 Å². The molecule has 2 aliphatic heterocycles. The number of rotatable bonds is 6. The summed E-state index contributed by atoms with van der Waals surface area (Å²) in [5.41, 5.74) is 7.33. The third-order valence-corrected chi connectivity index (χ3v) is 10.1. The van der Waals surface area contributed by atoms with Gasteiger partial charge < -0.3 is 20.5 Å². The largest absolute Gasteiger partial charge is 0.489 e. The highest BCUT2D eigenvalue weighted by atomic mass is 32.2. The van der Waals surface area contributed by atoms with E-state index in [2.05, 4.69) is 20.9 Å². The number of carboxylic acids is 1. The Kier molecular flexibility index (Phi) is 8.87. The summed E-state index contributed by atoms with van der Waals surface area (Å²) in [7, 11) is -3.26. The highest BCUT2D eigenvalue weighted by Crippen LogP contribution is 2.34. The van der Waals surface area contributed by atoms with Gasteiger partial charge in [0, 0.05) is 56.7 Å². The van der Waals surface area contributed by atoms with Crippen molar-refractivity contribution < 1.29 is 23.1 Å². The zero-order valence-electron chi connectivity index (χ0n) is 20.8. The lowest BCUT2D eigenvalue weighted by molar-refractivity contribution is 0.0702. The lowest BCUT2D eigenvalue weighted by Crippen LogP contribution is -2.47. The zero-order valence-corrected chi connectivity index (χ0v) is 22.4. The van der Waals surface area contributed by atoms with Crippen molar-refractivity contribution in [2.24, 2.45) is 11.7 Å². The number of thiophene rings is 1. The maximum absolute atomic E-state index is 10.9. The van der Waals surface area contributed by atoms with Crippen molar-refractivity contribution in [2.75, 3.05) is 50.5 Å². The molecule has 3 aliphatic rings. The van der Waals surface area contributed by atoms with Gasteiger partial charge >= 0.3 is 5.97 Å². The van der Waals surface area contributed by atoms with Gasteiger partial charge in [-0.3, -0.25) is 4.90 Å². The summed E-state index contributed by atoms with van der Waals surface area (Å²) >= 11 is 0.760. The number of ether oxygens (including phenoxy) is 1. The average Bonchev–Trinajstić information content (AvgIpc) is 3.54. The number of sulfone groups is 1. The van der Waals surface area contributed by atoms with Crippen LogP contribution < -0.4 is 15.4 Å². The molecular weight excluding hydrogens is 500 g/mol. The quantitative estimate of drug-likeness (QED) is 0.573. The Morgan fingerprint density at radius 2 is 1.89 bits per heavy atom. The summed E-state index contributed by atoms with van der Waals surface area (Å²) in [6, 6.07) is 5.14. The molecule has 198 valence electrons. The molecule has 0 bridgehead atoms. The number of fused-ring (bicyclic) bond motifs is 1. The van der Waals surface area contributed by atoms with Crippen molar-refractivity contribution in [3.05, 3.63) is 34.8 Å². The zero-order chi connectivity index (χ0) is 25.7. The standard InChI is InChI=1S/C19H30N4O.C6H6O4S2/c20-17-3-1-15(2-4-17)6-9-22-10-12-23(13-11-22)19-18-16(5-8-21-19)7-14-24-18;1-12(9,10)5-3-2-4(11-5)6(7)8/h5,8,15,17H,1-4,6-7,9-14,20H2;2-3H,1H3,(H,7,8). The maximum Gasteiger partial charge on any atom is 0.345 e. The third-order valence-electron chi connectivity index (χ3n) is 7.16. The van der Waals surface area contributed by atoms with Crippen LogP contribution in [-0.4, -0.2) is 81.0 Å². The number of nitrogens with zero attached hydrogens (tertiary/aromatic N) is 3. The van der Waals surface area contributed by atoms with Crippen LogP contribution in [0.2, 0.25) is 0 Å². The van der Waals surface area contributed by atoms with Gasteiger partial charge in [-0.1, -0.05) is 0 Å². The van der Waals surface area contributed by atoms with E-state index in [1.807, 2.05) is 6.20 Å². The molecule has 3 N–H and O–H groups in total. The molecule has 5 rings (SSSR count). The van der Waals surface area contributed by atoms with Gasteiger partial charge in [-0.2, -0.15) is 0 Å². The lowest BCUT2D eigenvalue weighted by atomic mass is 9.84. The predicted molar refractivity (Wildman–Crippen MR) is 141 cm³/mol. The van der Waals surface area contributed by atoms with Crippen LogP contribution in [0.1, 0.15) is 47.3 Å². The number of aromatic nitrogens is 1. The van der Waals surface area contributed by atoms with Gasteiger partial charge in [0.25, 0.3) is 0 Å². The Labute approximate surface area is 217 Å². The van der Waals surface area contributed by atoms with Crippen LogP contribution in [0.4, 0.5) is 5.82 Å². The van der Waals surface area contributed by atoms with Crippen LogP contribution >= 0.6 is 11.3 Å². The van der Waals surface area contributed by atoms with Gasteiger partial charge in [-0.05, 0) is 62.8 Å². The minimum Gasteiger partial charge on any atom is -0.489 e. The molecule has 11 heteroatoms. The number of hydrogen-bond acceptors (Lipinski definition) is 9. The lowest BCUT2D eigenvalue weighted by Gasteiger charge is -2.36. The first-order valence-corrected chi connectivity index (χ1v) is 15.3. The van der Waals surface area contributed by atoms with Crippen molar-refractivity contribution in [3.8, 4) is 5.75 Å². The molecule has 0 spiro atoms. The average molecular weight is 537 g/mol. The number of pyridine rings is 1. The molecule has 9 nitrogen and oxygen atoms in total. The SMILES string of the molecule is CS(=O)(=O)c1ccc(C(=O)O)s1.NC1CCC(CCN2CCN(c3nccc4c3OCC4)CC2)CC1. The van der Waals surface area contributed by atoms with Crippen LogP contribution in [-0.2, 0) is 16.3 Å². The van der Waals surface area contributed by atoms with E-state index < -0.39 is 15.8 Å². The van der Waals surface area contributed by atoms with Crippen molar-refractivity contribution in [2.45, 2.75) is 48.8 Å². The molecule has 0 radical (unpaired) electrons. The van der Waals surface area contributed by atoms with E-state index in [4.69, 9.17) is 15.6 Å². The summed E-state index contributed by atoms with van der Waals surface area (Å²) < 4.78 is 27.7. The first kappa shape index (κ1) is 26.8. The number of hydrogen-bond donors (Lipinski definition) is 2. The Morgan fingerprint density at radius 1 is 1.17 bits per heavy atom. The molecule has 0 amide bonds. The van der Waals surface area contributed by atoms with Crippen LogP contribution in [0, 0.1) is 5.92 Å². The summed E-state index contributed by atoms with van der Waals surface area (Å²) in [5.74, 6) is 1.89. The van der Waals surface area contributed by atoms with E-state index in [1.165, 1.54) is 56.3 Å². The first-order chi connectivity index (χ1) is 17.2. The highest BCUT2D eigenvalue weighted by molar-refractivity contribution is 7.92. The second-order valence-corrected chi connectivity index (χ2v) is 13.1. The molecule has 4 heterocycles. The normalized spacial score (nSPS) is 22.3. The van der Waals surface area contributed by atoms with Gasteiger partial charge in [-0.15, -0.1) is 11.3 Å². The molecule has 2 aromatic rings. The van der Waals surface area contributed by atoms with Gasteiger partial charge in [0.1, 0.15) is 9.09 Å². The number of carboxylic acid groups (broad SMARTS) is 1. The molecule has 36 heavy (non-hydrogen) atoms. The Balaban J connectivity index is 0.000000214. The minimum absolute atomic E-state index is 0.0374. The number of anilines is 1. The molecule has 2 fully saturated rings. The number of piperazine rings is 1. The van der Waals surface area contributed by atoms with Crippen LogP contribution in [0.25, 0.3) is 0 Å². The van der Waals surface area contributed by atoms with E-state index in [1.54, 1.807) is 0 Å². The van der Waals surface area contributed by atoms with Gasteiger partial charge in [-0.25, -0.2) is 18.2 Å². The van der Waals surface area contributed by atoms with E-state index in [0.717, 1.165) is 74.3 Å². The molecule has 0 unspecified atom stereocenters. The monoisotopic (exact) mass is 536 g/mol. The van der Waals surface area contributed by atoms with E-state index in [9.17, 15) is 13.2 Å². The smallest absolute Gasteiger partial charge is 0.345 e. The summed E-state index contributed by atoms with van der Waals surface area (Å²) in [6.07, 6.45) is 10.5. The van der Waals surface area contributed by atoms with Crippen molar-refractivity contribution >= 4 is 33.0 Å². The number of aromatic carboxylic acids is 1. The number of nitrogens with two attached hydrogens (primary N) is 1. The molecule has 1 aliphatic carbocycles. The van der Waals surface area contributed by atoms with Gasteiger partial charge in [0.05, 0.1) is 6.61 Å². The summed E-state index contributed by atoms with van der Waals surface area (Å²) in [6.45, 7) is 6.43. The van der Waals surface area contributed by atoms with E-state index in [0.29, 0.717) is 6.04 Å². The van der Waals surface area contributed by atoms with Crippen LogP contribution in [0.5, 0.6) is 5.75 Å². The van der Waals surface area contributed by atoms with Gasteiger partial charge in [0.2, 0.25) is 0 Å². The Bertz CT molecular complexity index is 1140. The van der Waals surface area contributed by atoms with Crippen LogP contribution in [0.15, 0.2) is 28.6 Å². The van der Waals surface area contributed by atoms with Crippen molar-refractivity contribution in [3.63, 3.8) is 0 Å². The third kappa shape index (κ3) is 6.96.